The molecular formula is C27H35N7O5. The predicted molar refractivity (Wildman–Crippen MR) is 150 cm³/mol. The Balaban J connectivity index is 1.85. The monoisotopic (exact) mass is 537 g/mol. The Morgan fingerprint density at radius 3 is 2.59 bits per heavy atom. The summed E-state index contributed by atoms with van der Waals surface area (Å²) in [5.74, 6) is 0.0661. The number of para-hydroxylation sites is 1. The number of methoxy groups -OCH3 is 1. The fraction of sp³-hybridized carbons (Fsp3) is 0.444. The smallest absolute Gasteiger partial charge is 0.413 e. The largest absolute Gasteiger partial charge is 0.452 e. The lowest BCUT2D eigenvalue weighted by Crippen LogP contribution is -2.44. The third kappa shape index (κ3) is 5.37. The summed E-state index contributed by atoms with van der Waals surface area (Å²) < 4.78 is 8.79. The van der Waals surface area contributed by atoms with E-state index in [1.165, 1.54) is 30.7 Å². The minimum Gasteiger partial charge on any atom is -0.452 e. The number of carbonyl (C=O) groups excluding carboxylic acids is 2. The number of imidazole rings is 1. The Morgan fingerprint density at radius 2 is 1.92 bits per heavy atom. The Morgan fingerprint density at radius 1 is 1.21 bits per heavy atom. The van der Waals surface area contributed by atoms with Gasteiger partial charge in [0, 0.05) is 45.3 Å². The zero-order valence-corrected chi connectivity index (χ0v) is 23.0. The fourth-order valence-electron chi connectivity index (χ4n) is 4.85. The number of ether oxygens (including phenoxy) is 1. The second kappa shape index (κ2) is 11.3. The van der Waals surface area contributed by atoms with Gasteiger partial charge in [0.25, 0.3) is 5.56 Å². The van der Waals surface area contributed by atoms with Gasteiger partial charge >= 0.3 is 11.8 Å². The van der Waals surface area contributed by atoms with Gasteiger partial charge < -0.3 is 19.9 Å². The van der Waals surface area contributed by atoms with E-state index in [1.807, 2.05) is 24.8 Å². The summed E-state index contributed by atoms with van der Waals surface area (Å²) in [4.78, 5) is 60.7. The lowest BCUT2D eigenvalue weighted by molar-refractivity contribution is 0.0969. The van der Waals surface area contributed by atoms with Crippen LogP contribution < -0.4 is 26.8 Å². The molecule has 1 fully saturated rings. The van der Waals surface area contributed by atoms with Crippen molar-refractivity contribution in [1.29, 1.82) is 0 Å². The van der Waals surface area contributed by atoms with Crippen LogP contribution in [0, 0.1) is 0 Å². The lowest BCUT2D eigenvalue weighted by atomic mass is 10.1. The summed E-state index contributed by atoms with van der Waals surface area (Å²) in [5.41, 5.74) is 6.98. The first kappa shape index (κ1) is 27.8. The van der Waals surface area contributed by atoms with Gasteiger partial charge in [-0.3, -0.25) is 23.6 Å². The summed E-state index contributed by atoms with van der Waals surface area (Å²) in [5, 5.41) is 0. The Hall–Kier alpha value is -4.19. The fourth-order valence-corrected chi connectivity index (χ4v) is 4.85. The first-order valence-corrected chi connectivity index (χ1v) is 12.8. The molecule has 1 aromatic carbocycles. The van der Waals surface area contributed by atoms with Gasteiger partial charge in [0.2, 0.25) is 5.95 Å². The molecule has 1 unspecified atom stereocenters. The molecule has 1 atom stereocenters. The molecule has 2 N–H and O–H groups in total. The van der Waals surface area contributed by atoms with Gasteiger partial charge in [0.1, 0.15) is 0 Å². The van der Waals surface area contributed by atoms with Crippen LogP contribution >= 0.6 is 0 Å². The number of piperidine rings is 1. The van der Waals surface area contributed by atoms with Gasteiger partial charge in [-0.15, -0.1) is 0 Å². The van der Waals surface area contributed by atoms with Gasteiger partial charge in [-0.25, -0.2) is 9.59 Å². The number of benzene rings is 1. The van der Waals surface area contributed by atoms with Crippen molar-refractivity contribution in [3.63, 3.8) is 0 Å². The molecule has 1 saturated heterocycles. The summed E-state index contributed by atoms with van der Waals surface area (Å²) in [6.45, 7) is 5.11. The van der Waals surface area contributed by atoms with Crippen LogP contribution in [-0.2, 0) is 24.9 Å². The number of allylic oxidation sites excluding steroid dienone is 2. The standard InChI is InChI=1S/C27H35N7O5/c1-17(2)12-14-33-22-23(29-25(33)32-13-8-9-18(28)15-32)31(4)26(37)34(24(22)36)16-21(35)19-10-6-7-11-20(19)30(3)27(38)39-5/h6-7,10-12,18H,8-9,13-16,28H2,1-5H3. The molecule has 0 aliphatic carbocycles. The van der Waals surface area contributed by atoms with Crippen LogP contribution in [0.5, 0.6) is 0 Å². The quantitative estimate of drug-likeness (QED) is 0.356. The molecule has 0 radical (unpaired) electrons. The third-order valence-electron chi connectivity index (χ3n) is 6.95. The van der Waals surface area contributed by atoms with E-state index in [0.717, 1.165) is 29.5 Å². The number of carbonyl (C=O) groups is 2. The molecule has 39 heavy (non-hydrogen) atoms. The van der Waals surface area contributed by atoms with E-state index < -0.39 is 29.7 Å². The third-order valence-corrected chi connectivity index (χ3v) is 6.95. The number of aromatic nitrogens is 4. The second-order valence-corrected chi connectivity index (χ2v) is 10.0. The van der Waals surface area contributed by atoms with E-state index in [-0.39, 0.29) is 22.8 Å². The number of anilines is 2. The van der Waals surface area contributed by atoms with Crippen LogP contribution in [-0.4, -0.2) is 63.9 Å². The predicted octanol–water partition coefficient (Wildman–Crippen LogP) is 1.88. The first-order chi connectivity index (χ1) is 18.5. The molecule has 0 spiro atoms. The number of Topliss-reactive ketones (excluding diaryl/α,β-unsaturated/α-hetero) is 1. The van der Waals surface area contributed by atoms with Crippen molar-refractivity contribution >= 4 is 34.7 Å². The van der Waals surface area contributed by atoms with E-state index >= 15 is 0 Å². The van der Waals surface area contributed by atoms with Crippen molar-refractivity contribution < 1.29 is 14.3 Å². The SMILES string of the molecule is COC(=O)N(C)c1ccccc1C(=O)Cn1c(=O)c2c(nc(N3CCCC(N)C3)n2CC=C(C)C)n(C)c1=O. The molecule has 2 aromatic heterocycles. The van der Waals surface area contributed by atoms with Gasteiger partial charge in [-0.2, -0.15) is 4.98 Å². The number of aryl methyl sites for hydroxylation is 1. The Bertz CT molecular complexity index is 1560. The highest BCUT2D eigenvalue weighted by Crippen LogP contribution is 2.24. The van der Waals surface area contributed by atoms with Crippen molar-refractivity contribution in [1.82, 2.24) is 18.7 Å². The number of nitrogens with zero attached hydrogens (tertiary/aromatic N) is 6. The molecule has 12 heteroatoms. The van der Waals surface area contributed by atoms with Crippen molar-refractivity contribution in [3.8, 4) is 0 Å². The molecule has 0 saturated carbocycles. The van der Waals surface area contributed by atoms with E-state index in [9.17, 15) is 19.2 Å². The molecule has 3 heterocycles. The second-order valence-electron chi connectivity index (χ2n) is 10.0. The summed E-state index contributed by atoms with van der Waals surface area (Å²) in [6.07, 6.45) is 3.13. The lowest BCUT2D eigenvalue weighted by Gasteiger charge is -2.31. The van der Waals surface area contributed by atoms with Crippen molar-refractivity contribution in [2.75, 3.05) is 37.0 Å². The number of hydrogen-bond donors (Lipinski definition) is 1. The van der Waals surface area contributed by atoms with Crippen molar-refractivity contribution in [2.24, 2.45) is 12.8 Å². The number of amides is 1. The summed E-state index contributed by atoms with van der Waals surface area (Å²) in [7, 11) is 4.25. The van der Waals surface area contributed by atoms with Crippen LogP contribution in [0.1, 0.15) is 37.0 Å². The summed E-state index contributed by atoms with van der Waals surface area (Å²) in [6, 6.07) is 6.45. The highest BCUT2D eigenvalue weighted by molar-refractivity contribution is 6.04. The number of fused-ring (bicyclic) bond motifs is 1. The number of rotatable bonds is 7. The average Bonchev–Trinajstić information content (AvgIpc) is 3.32. The first-order valence-electron chi connectivity index (χ1n) is 12.8. The maximum atomic E-state index is 13.9. The van der Waals surface area contributed by atoms with Gasteiger partial charge in [0.05, 0.1) is 19.3 Å². The van der Waals surface area contributed by atoms with Crippen LogP contribution in [0.2, 0.25) is 0 Å². The Kier molecular flexibility index (Phi) is 8.05. The molecule has 1 amide bonds. The zero-order valence-electron chi connectivity index (χ0n) is 23.0. The van der Waals surface area contributed by atoms with E-state index in [0.29, 0.717) is 24.7 Å². The molecule has 1 aliphatic rings. The van der Waals surface area contributed by atoms with Crippen LogP contribution in [0.3, 0.4) is 0 Å². The maximum Gasteiger partial charge on any atom is 0.413 e. The molecule has 4 rings (SSSR count). The minimum absolute atomic E-state index is 0.0169. The molecule has 0 bridgehead atoms. The normalized spacial score (nSPS) is 15.3. The van der Waals surface area contributed by atoms with Crippen molar-refractivity contribution in [3.05, 3.63) is 62.3 Å². The highest BCUT2D eigenvalue weighted by Gasteiger charge is 2.27. The van der Waals surface area contributed by atoms with Crippen LogP contribution in [0.25, 0.3) is 11.2 Å². The van der Waals surface area contributed by atoms with Crippen LogP contribution in [0.15, 0.2) is 45.5 Å². The number of nitrogens with two attached hydrogens (primary N) is 1. The molecule has 12 nitrogen and oxygen atoms in total. The summed E-state index contributed by atoms with van der Waals surface area (Å²) >= 11 is 0. The molecular weight excluding hydrogens is 502 g/mol. The number of hydrogen-bond acceptors (Lipinski definition) is 8. The average molecular weight is 538 g/mol. The van der Waals surface area contributed by atoms with E-state index in [1.54, 1.807) is 28.8 Å². The van der Waals surface area contributed by atoms with Crippen molar-refractivity contribution in [2.45, 2.75) is 45.8 Å². The molecule has 3 aromatic rings. The van der Waals surface area contributed by atoms with E-state index in [4.69, 9.17) is 15.5 Å². The molecule has 208 valence electrons. The van der Waals surface area contributed by atoms with Gasteiger partial charge in [0.15, 0.2) is 16.9 Å². The highest BCUT2D eigenvalue weighted by atomic mass is 16.5. The van der Waals surface area contributed by atoms with E-state index in [2.05, 4.69) is 0 Å². The zero-order chi connectivity index (χ0) is 28.4. The topological polar surface area (TPSA) is 138 Å². The number of ketones is 1. The van der Waals surface area contributed by atoms with Gasteiger partial charge in [-0.1, -0.05) is 23.8 Å². The van der Waals surface area contributed by atoms with Crippen LogP contribution in [0.4, 0.5) is 16.4 Å². The Labute approximate surface area is 225 Å². The minimum atomic E-state index is -0.659. The van der Waals surface area contributed by atoms with Gasteiger partial charge in [-0.05, 0) is 38.8 Å². The molecule has 1 aliphatic heterocycles. The maximum absolute atomic E-state index is 13.9.